The number of hydrogen-bond acceptors (Lipinski definition) is 5. The van der Waals surface area contributed by atoms with Crippen molar-refractivity contribution in [2.75, 3.05) is 23.7 Å². The number of piperidine rings is 1. The fourth-order valence-electron chi connectivity index (χ4n) is 4.05. The third-order valence-electron chi connectivity index (χ3n) is 5.56. The van der Waals surface area contributed by atoms with Crippen molar-refractivity contribution in [2.24, 2.45) is 5.41 Å². The number of nitrogen functional groups attached to an aromatic ring is 1. The summed E-state index contributed by atoms with van der Waals surface area (Å²) < 4.78 is 0. The van der Waals surface area contributed by atoms with Gasteiger partial charge in [-0.1, -0.05) is 36.7 Å². The van der Waals surface area contributed by atoms with Gasteiger partial charge in [0.1, 0.15) is 10.8 Å². The molecule has 4 nitrogen and oxygen atoms in total. The van der Waals surface area contributed by atoms with Gasteiger partial charge in [0.15, 0.2) is 0 Å². The van der Waals surface area contributed by atoms with E-state index in [-0.39, 0.29) is 0 Å². The van der Waals surface area contributed by atoms with Crippen LogP contribution in [-0.2, 0) is 0 Å². The van der Waals surface area contributed by atoms with E-state index >= 15 is 0 Å². The summed E-state index contributed by atoms with van der Waals surface area (Å²) in [5.41, 5.74) is 7.42. The van der Waals surface area contributed by atoms with Gasteiger partial charge < -0.3 is 10.6 Å². The lowest BCUT2D eigenvalue weighted by Gasteiger charge is -2.39. The second-order valence-corrected chi connectivity index (χ2v) is 8.11. The van der Waals surface area contributed by atoms with Crippen LogP contribution in [-0.4, -0.2) is 23.1 Å². The number of anilines is 2. The summed E-state index contributed by atoms with van der Waals surface area (Å²) >= 11 is 1.57. The molecule has 1 aliphatic heterocycles. The van der Waals surface area contributed by atoms with Crippen molar-refractivity contribution in [3.05, 3.63) is 36.7 Å². The Bertz CT molecular complexity index is 685. The summed E-state index contributed by atoms with van der Waals surface area (Å²) in [4.78, 5) is 12.6. The number of rotatable bonds is 3. The number of para-hydroxylation sites is 1. The van der Waals surface area contributed by atoms with Gasteiger partial charge in [-0.15, -0.1) is 0 Å². The Labute approximate surface area is 147 Å². The molecule has 1 spiro atoms. The largest absolute Gasteiger partial charge is 0.398 e. The first-order valence-electron chi connectivity index (χ1n) is 8.84. The molecule has 2 aromatic rings. The molecule has 1 saturated carbocycles. The van der Waals surface area contributed by atoms with Crippen LogP contribution in [0.15, 0.2) is 46.6 Å². The van der Waals surface area contributed by atoms with E-state index in [0.29, 0.717) is 5.41 Å². The Hall–Kier alpha value is -1.75. The van der Waals surface area contributed by atoms with Gasteiger partial charge in [-0.05, 0) is 43.2 Å². The normalized spacial score (nSPS) is 19.8. The minimum Gasteiger partial charge on any atom is -0.398 e. The van der Waals surface area contributed by atoms with Gasteiger partial charge in [0.05, 0.1) is 12.4 Å². The highest BCUT2D eigenvalue weighted by molar-refractivity contribution is 7.99. The smallest absolute Gasteiger partial charge is 0.147 e. The zero-order valence-electron chi connectivity index (χ0n) is 13.9. The van der Waals surface area contributed by atoms with Crippen LogP contribution >= 0.6 is 11.8 Å². The fraction of sp³-hybridized carbons (Fsp3) is 0.474. The summed E-state index contributed by atoms with van der Waals surface area (Å²) in [5, 5.41) is 0.890. The molecule has 1 saturated heterocycles. The molecule has 0 amide bonds. The zero-order valence-corrected chi connectivity index (χ0v) is 14.8. The molecule has 0 radical (unpaired) electrons. The molecule has 0 atom stereocenters. The van der Waals surface area contributed by atoms with Crippen LogP contribution in [0.5, 0.6) is 0 Å². The van der Waals surface area contributed by atoms with Gasteiger partial charge in [0.25, 0.3) is 0 Å². The van der Waals surface area contributed by atoms with Gasteiger partial charge in [0.2, 0.25) is 0 Å². The Kier molecular flexibility index (Phi) is 4.35. The zero-order chi connectivity index (χ0) is 16.4. The second-order valence-electron chi connectivity index (χ2n) is 7.05. The topological polar surface area (TPSA) is 55.0 Å². The first-order chi connectivity index (χ1) is 11.7. The number of hydrogen-bond donors (Lipinski definition) is 1. The van der Waals surface area contributed by atoms with E-state index in [1.807, 2.05) is 36.7 Å². The van der Waals surface area contributed by atoms with Crippen molar-refractivity contribution in [3.63, 3.8) is 0 Å². The summed E-state index contributed by atoms with van der Waals surface area (Å²) in [6.45, 7) is 2.24. The predicted octanol–water partition coefficient (Wildman–Crippen LogP) is 4.37. The molecule has 0 unspecified atom stereocenters. The third-order valence-corrected chi connectivity index (χ3v) is 6.57. The quantitative estimate of drug-likeness (QED) is 0.841. The monoisotopic (exact) mass is 340 g/mol. The van der Waals surface area contributed by atoms with Gasteiger partial charge >= 0.3 is 0 Å². The summed E-state index contributed by atoms with van der Waals surface area (Å²) in [5.74, 6) is 1.01. The number of aromatic nitrogens is 2. The maximum atomic E-state index is 5.99. The van der Waals surface area contributed by atoms with E-state index in [9.17, 15) is 0 Å². The molecule has 24 heavy (non-hydrogen) atoms. The molecule has 2 heterocycles. The van der Waals surface area contributed by atoms with Gasteiger partial charge in [0, 0.05) is 23.7 Å². The van der Waals surface area contributed by atoms with Crippen LogP contribution in [0.25, 0.3) is 0 Å². The summed E-state index contributed by atoms with van der Waals surface area (Å²) in [6.07, 6.45) is 12.1. The van der Waals surface area contributed by atoms with Crippen molar-refractivity contribution in [1.29, 1.82) is 0 Å². The van der Waals surface area contributed by atoms with Crippen LogP contribution in [0.2, 0.25) is 0 Å². The first-order valence-corrected chi connectivity index (χ1v) is 9.65. The van der Waals surface area contributed by atoms with E-state index in [0.717, 1.165) is 34.5 Å². The highest BCUT2D eigenvalue weighted by Gasteiger charge is 2.37. The molecule has 2 fully saturated rings. The number of nitrogens with zero attached hydrogens (tertiary/aromatic N) is 3. The SMILES string of the molecule is Nc1ccccc1Sc1cnc(N2CCC3(CCCC3)CC2)cn1. The van der Waals surface area contributed by atoms with Crippen molar-refractivity contribution in [3.8, 4) is 0 Å². The molecule has 4 rings (SSSR count). The Morgan fingerprint density at radius 1 is 0.958 bits per heavy atom. The Morgan fingerprint density at radius 2 is 1.71 bits per heavy atom. The average Bonchev–Trinajstić information content (AvgIpc) is 3.07. The van der Waals surface area contributed by atoms with Crippen molar-refractivity contribution < 1.29 is 0 Å². The van der Waals surface area contributed by atoms with Gasteiger partial charge in [-0.3, -0.25) is 0 Å². The summed E-state index contributed by atoms with van der Waals surface area (Å²) in [6, 6.07) is 7.87. The average molecular weight is 340 g/mol. The van der Waals surface area contributed by atoms with E-state index in [2.05, 4.69) is 14.9 Å². The maximum Gasteiger partial charge on any atom is 0.147 e. The Morgan fingerprint density at radius 3 is 2.38 bits per heavy atom. The van der Waals surface area contributed by atoms with Crippen molar-refractivity contribution >= 4 is 23.3 Å². The lowest BCUT2D eigenvalue weighted by atomic mass is 9.77. The van der Waals surface area contributed by atoms with Crippen LogP contribution < -0.4 is 10.6 Å². The highest BCUT2D eigenvalue weighted by atomic mass is 32.2. The summed E-state index contributed by atoms with van der Waals surface area (Å²) in [7, 11) is 0. The van der Waals surface area contributed by atoms with Gasteiger partial charge in [-0.25, -0.2) is 9.97 Å². The lowest BCUT2D eigenvalue weighted by molar-refractivity contribution is 0.226. The maximum absolute atomic E-state index is 5.99. The molecule has 1 aromatic carbocycles. The second kappa shape index (κ2) is 6.63. The number of benzene rings is 1. The van der Waals surface area contributed by atoms with Crippen molar-refractivity contribution in [1.82, 2.24) is 9.97 Å². The molecule has 1 aliphatic carbocycles. The fourth-order valence-corrected chi connectivity index (χ4v) is 4.82. The molecule has 2 N–H and O–H groups in total. The Balaban J connectivity index is 1.40. The standard InChI is InChI=1S/C19H24N4S/c20-15-5-1-2-6-16(15)24-18-14-21-17(13-22-18)23-11-9-19(10-12-23)7-3-4-8-19/h1-2,5-6,13-14H,3-4,7-12,20H2. The van der Waals surface area contributed by atoms with Crippen LogP contribution in [0.3, 0.4) is 0 Å². The molecule has 126 valence electrons. The van der Waals surface area contributed by atoms with Crippen LogP contribution in [0.1, 0.15) is 38.5 Å². The van der Waals surface area contributed by atoms with Crippen molar-refractivity contribution in [2.45, 2.75) is 48.4 Å². The van der Waals surface area contributed by atoms with E-state index < -0.39 is 0 Å². The van der Waals surface area contributed by atoms with Crippen LogP contribution in [0, 0.1) is 5.41 Å². The van der Waals surface area contributed by atoms with E-state index in [4.69, 9.17) is 5.73 Å². The first kappa shape index (κ1) is 15.8. The molecule has 0 bridgehead atoms. The molecule has 1 aromatic heterocycles. The minimum atomic E-state index is 0.643. The van der Waals surface area contributed by atoms with Gasteiger partial charge in [-0.2, -0.15) is 0 Å². The molecule has 5 heteroatoms. The third kappa shape index (κ3) is 3.22. The highest BCUT2D eigenvalue weighted by Crippen LogP contribution is 2.46. The van der Waals surface area contributed by atoms with E-state index in [1.165, 1.54) is 38.5 Å². The predicted molar refractivity (Wildman–Crippen MR) is 99.4 cm³/mol. The van der Waals surface area contributed by atoms with Crippen LogP contribution in [0.4, 0.5) is 11.5 Å². The molecular formula is C19H24N4S. The minimum absolute atomic E-state index is 0.643. The van der Waals surface area contributed by atoms with E-state index in [1.54, 1.807) is 11.8 Å². The molecular weight excluding hydrogens is 316 g/mol. The lowest BCUT2D eigenvalue weighted by Crippen LogP contribution is -2.39. The number of nitrogens with two attached hydrogens (primary N) is 1. The molecule has 2 aliphatic rings.